The lowest BCUT2D eigenvalue weighted by atomic mass is 10.1. The molecule has 24 heavy (non-hydrogen) atoms. The van der Waals surface area contributed by atoms with Gasteiger partial charge in [-0.15, -0.1) is 10.2 Å². The zero-order chi connectivity index (χ0) is 17.1. The molecule has 0 spiro atoms. The van der Waals surface area contributed by atoms with Gasteiger partial charge in [0.15, 0.2) is 0 Å². The van der Waals surface area contributed by atoms with Crippen molar-refractivity contribution in [2.45, 2.75) is 20.3 Å². The van der Waals surface area contributed by atoms with Crippen LogP contribution in [0.1, 0.15) is 17.3 Å². The molecule has 0 bridgehead atoms. The molecule has 1 N–H and O–H groups in total. The third kappa shape index (κ3) is 3.43. The van der Waals surface area contributed by atoms with Gasteiger partial charge in [0.25, 0.3) is 0 Å². The summed E-state index contributed by atoms with van der Waals surface area (Å²) in [6.07, 6.45) is 0.0773. The van der Waals surface area contributed by atoms with Crippen molar-refractivity contribution in [3.63, 3.8) is 0 Å². The second kappa shape index (κ2) is 6.53. The molecule has 0 unspecified atom stereocenters. The molecule has 3 rings (SSSR count). The van der Waals surface area contributed by atoms with Crippen molar-refractivity contribution in [2.75, 3.05) is 12.4 Å². The Hall–Kier alpha value is -3.16. The van der Waals surface area contributed by atoms with Crippen LogP contribution in [-0.2, 0) is 11.2 Å². The Bertz CT molecular complexity index is 869. The quantitative estimate of drug-likeness (QED) is 0.767. The van der Waals surface area contributed by atoms with E-state index in [-0.39, 0.29) is 12.3 Å². The largest absolute Gasteiger partial charge is 0.495 e. The molecule has 124 valence electrons. The molecule has 0 radical (unpaired) electrons. The van der Waals surface area contributed by atoms with Crippen molar-refractivity contribution in [3.05, 3.63) is 41.6 Å². The monoisotopic (exact) mass is 328 g/mol. The molecule has 1 aromatic carbocycles. The van der Waals surface area contributed by atoms with Crippen LogP contribution in [-0.4, -0.2) is 28.4 Å². The SMILES string of the molecule is COc1ccc(-c2nnc(C)o2)cc1NC(=O)Cc1cc(C)no1. The minimum Gasteiger partial charge on any atom is -0.495 e. The lowest BCUT2D eigenvalue weighted by Crippen LogP contribution is -2.14. The van der Waals surface area contributed by atoms with Gasteiger partial charge in [-0.2, -0.15) is 0 Å². The first-order valence-electron chi connectivity index (χ1n) is 7.25. The molecule has 1 amide bonds. The fourth-order valence-corrected chi connectivity index (χ4v) is 2.20. The van der Waals surface area contributed by atoms with E-state index in [9.17, 15) is 4.79 Å². The van der Waals surface area contributed by atoms with E-state index in [1.165, 1.54) is 7.11 Å². The average molecular weight is 328 g/mol. The Morgan fingerprint density at radius 2 is 2.08 bits per heavy atom. The highest BCUT2D eigenvalue weighted by Crippen LogP contribution is 2.30. The van der Waals surface area contributed by atoms with Gasteiger partial charge in [0, 0.05) is 18.6 Å². The molecule has 3 aromatic rings. The fourth-order valence-electron chi connectivity index (χ4n) is 2.20. The van der Waals surface area contributed by atoms with Crippen molar-refractivity contribution in [1.82, 2.24) is 15.4 Å². The highest BCUT2D eigenvalue weighted by atomic mass is 16.5. The third-order valence-electron chi connectivity index (χ3n) is 3.26. The molecule has 8 nitrogen and oxygen atoms in total. The fraction of sp³-hybridized carbons (Fsp3) is 0.250. The van der Waals surface area contributed by atoms with Gasteiger partial charge < -0.3 is 19.0 Å². The third-order valence-corrected chi connectivity index (χ3v) is 3.26. The second-order valence-electron chi connectivity index (χ2n) is 5.20. The Morgan fingerprint density at radius 1 is 1.25 bits per heavy atom. The van der Waals surface area contributed by atoms with Crippen LogP contribution in [0.25, 0.3) is 11.5 Å². The topological polar surface area (TPSA) is 103 Å². The number of methoxy groups -OCH3 is 1. The minimum atomic E-state index is -0.247. The molecule has 0 atom stereocenters. The van der Waals surface area contributed by atoms with E-state index in [2.05, 4.69) is 20.7 Å². The maximum absolute atomic E-state index is 12.2. The Labute approximate surface area is 137 Å². The molecular formula is C16H16N4O4. The van der Waals surface area contributed by atoms with Crippen LogP contribution >= 0.6 is 0 Å². The standard InChI is InChI=1S/C16H16N4O4/c1-9-6-12(24-20-9)8-15(21)17-13-7-11(4-5-14(13)22-3)16-19-18-10(2)23-16/h4-7H,8H2,1-3H3,(H,17,21). The number of amides is 1. The molecule has 0 saturated heterocycles. The molecule has 0 aliphatic heterocycles. The lowest BCUT2D eigenvalue weighted by Gasteiger charge is -2.10. The van der Waals surface area contributed by atoms with Crippen molar-refractivity contribution in [1.29, 1.82) is 0 Å². The number of aromatic nitrogens is 3. The first kappa shape index (κ1) is 15.7. The number of nitrogens with one attached hydrogen (secondary N) is 1. The van der Waals surface area contributed by atoms with E-state index in [4.69, 9.17) is 13.7 Å². The van der Waals surface area contributed by atoms with E-state index in [1.54, 1.807) is 38.1 Å². The van der Waals surface area contributed by atoms with Crippen LogP contribution in [0, 0.1) is 13.8 Å². The molecule has 2 heterocycles. The first-order chi connectivity index (χ1) is 11.5. The minimum absolute atomic E-state index is 0.0773. The van der Waals surface area contributed by atoms with Crippen molar-refractivity contribution in [2.24, 2.45) is 0 Å². The highest BCUT2D eigenvalue weighted by molar-refractivity contribution is 5.94. The van der Waals surface area contributed by atoms with Crippen LogP contribution in [0.15, 0.2) is 33.2 Å². The summed E-state index contributed by atoms with van der Waals surface area (Å²) in [4.78, 5) is 12.2. The Kier molecular flexibility index (Phi) is 4.28. The van der Waals surface area contributed by atoms with E-state index in [0.29, 0.717) is 34.5 Å². The maximum atomic E-state index is 12.2. The van der Waals surface area contributed by atoms with E-state index in [1.807, 2.05) is 0 Å². The van der Waals surface area contributed by atoms with Gasteiger partial charge in [-0.1, -0.05) is 5.16 Å². The molecule has 0 saturated carbocycles. The summed E-state index contributed by atoms with van der Waals surface area (Å²) in [5.74, 6) is 1.61. The molecule has 2 aromatic heterocycles. The summed E-state index contributed by atoms with van der Waals surface area (Å²) in [5, 5.41) is 14.3. The predicted molar refractivity (Wildman–Crippen MR) is 84.6 cm³/mol. The van der Waals surface area contributed by atoms with Crippen LogP contribution in [0.2, 0.25) is 0 Å². The van der Waals surface area contributed by atoms with Gasteiger partial charge in [-0.05, 0) is 25.1 Å². The number of rotatable bonds is 5. The predicted octanol–water partition coefficient (Wildman–Crippen LogP) is 2.53. The van der Waals surface area contributed by atoms with Crippen LogP contribution < -0.4 is 10.1 Å². The number of ether oxygens (including phenoxy) is 1. The number of carbonyl (C=O) groups is 1. The van der Waals surface area contributed by atoms with Crippen LogP contribution in [0.5, 0.6) is 5.75 Å². The van der Waals surface area contributed by atoms with Gasteiger partial charge in [0.05, 0.1) is 24.9 Å². The Balaban J connectivity index is 1.81. The number of anilines is 1. The van der Waals surface area contributed by atoms with Gasteiger partial charge >= 0.3 is 0 Å². The van der Waals surface area contributed by atoms with Gasteiger partial charge in [-0.25, -0.2) is 0 Å². The lowest BCUT2D eigenvalue weighted by molar-refractivity contribution is -0.115. The number of hydrogen-bond acceptors (Lipinski definition) is 7. The molecule has 8 heteroatoms. The van der Waals surface area contributed by atoms with E-state index in [0.717, 1.165) is 5.69 Å². The number of aryl methyl sites for hydroxylation is 2. The van der Waals surface area contributed by atoms with Gasteiger partial charge in [0.1, 0.15) is 11.5 Å². The molecular weight excluding hydrogens is 312 g/mol. The van der Waals surface area contributed by atoms with Crippen molar-refractivity contribution >= 4 is 11.6 Å². The number of nitrogens with zero attached hydrogens (tertiary/aromatic N) is 3. The molecule has 0 aliphatic rings. The number of hydrogen-bond donors (Lipinski definition) is 1. The zero-order valence-corrected chi connectivity index (χ0v) is 13.5. The molecule has 0 fully saturated rings. The summed E-state index contributed by atoms with van der Waals surface area (Å²) >= 11 is 0. The molecule has 0 aliphatic carbocycles. The summed E-state index contributed by atoms with van der Waals surface area (Å²) < 4.78 is 15.7. The summed E-state index contributed by atoms with van der Waals surface area (Å²) in [6.45, 7) is 3.51. The van der Waals surface area contributed by atoms with Crippen molar-refractivity contribution < 1.29 is 18.5 Å². The average Bonchev–Trinajstić information content (AvgIpc) is 3.15. The van der Waals surface area contributed by atoms with Gasteiger partial charge in [0.2, 0.25) is 17.7 Å². The first-order valence-corrected chi connectivity index (χ1v) is 7.25. The summed E-state index contributed by atoms with van der Waals surface area (Å²) in [6, 6.07) is 6.94. The summed E-state index contributed by atoms with van der Waals surface area (Å²) in [5.41, 5.74) is 1.92. The van der Waals surface area contributed by atoms with Crippen molar-refractivity contribution in [3.8, 4) is 17.2 Å². The number of carbonyl (C=O) groups excluding carboxylic acids is 1. The smallest absolute Gasteiger partial charge is 0.247 e. The normalized spacial score (nSPS) is 10.6. The number of benzene rings is 1. The van der Waals surface area contributed by atoms with Crippen LogP contribution in [0.4, 0.5) is 5.69 Å². The van der Waals surface area contributed by atoms with E-state index >= 15 is 0 Å². The summed E-state index contributed by atoms with van der Waals surface area (Å²) in [7, 11) is 1.53. The van der Waals surface area contributed by atoms with E-state index < -0.39 is 0 Å². The maximum Gasteiger partial charge on any atom is 0.247 e. The zero-order valence-electron chi connectivity index (χ0n) is 13.5. The highest BCUT2D eigenvalue weighted by Gasteiger charge is 2.14. The second-order valence-corrected chi connectivity index (χ2v) is 5.20. The van der Waals surface area contributed by atoms with Crippen LogP contribution in [0.3, 0.4) is 0 Å². The van der Waals surface area contributed by atoms with Gasteiger partial charge in [-0.3, -0.25) is 4.79 Å². The Morgan fingerprint density at radius 3 is 2.71 bits per heavy atom.